The summed E-state index contributed by atoms with van der Waals surface area (Å²) in [7, 11) is 1.37. The first-order valence-corrected chi connectivity index (χ1v) is 5.30. The lowest BCUT2D eigenvalue weighted by Crippen LogP contribution is -2.51. The van der Waals surface area contributed by atoms with Crippen molar-refractivity contribution in [2.75, 3.05) is 20.2 Å². The highest BCUT2D eigenvalue weighted by Crippen LogP contribution is 2.17. The first-order valence-electron chi connectivity index (χ1n) is 5.30. The van der Waals surface area contributed by atoms with Crippen LogP contribution in [-0.2, 0) is 9.53 Å². The van der Waals surface area contributed by atoms with Gasteiger partial charge in [-0.3, -0.25) is 4.79 Å². The van der Waals surface area contributed by atoms with Gasteiger partial charge in [0, 0.05) is 18.0 Å². The molecule has 16 heavy (non-hydrogen) atoms. The largest absolute Gasteiger partial charge is 0.468 e. The van der Waals surface area contributed by atoms with Gasteiger partial charge in [0.25, 0.3) is 0 Å². The van der Waals surface area contributed by atoms with Gasteiger partial charge in [-0.05, 0) is 24.8 Å². The normalized spacial score (nSPS) is 14.1. The number of methoxy groups -OCH3 is 1. The van der Waals surface area contributed by atoms with Crippen molar-refractivity contribution in [3.63, 3.8) is 0 Å². The molecule has 0 aromatic heterocycles. The maximum Gasteiger partial charge on any atom is 0.325 e. The highest BCUT2D eigenvalue weighted by molar-refractivity contribution is 5.80. The Morgan fingerprint density at radius 2 is 2.25 bits per heavy atom. The van der Waals surface area contributed by atoms with Crippen molar-refractivity contribution in [3.05, 3.63) is 10.4 Å². The Hall–Kier alpha value is -1.26. The van der Waals surface area contributed by atoms with Crippen LogP contribution in [0.1, 0.15) is 27.2 Å². The zero-order valence-corrected chi connectivity index (χ0v) is 10.4. The van der Waals surface area contributed by atoms with Gasteiger partial charge in [-0.1, -0.05) is 19.0 Å². The van der Waals surface area contributed by atoms with E-state index < -0.39 is 5.54 Å². The molecule has 1 atom stereocenters. The summed E-state index contributed by atoms with van der Waals surface area (Å²) in [6.07, 6.45) is 0.677. The molecule has 0 aromatic carbocycles. The van der Waals surface area contributed by atoms with Crippen LogP contribution < -0.4 is 5.32 Å². The van der Waals surface area contributed by atoms with Gasteiger partial charge >= 0.3 is 5.97 Å². The molecule has 1 unspecified atom stereocenters. The topological polar surface area (TPSA) is 87.1 Å². The number of azide groups is 1. The van der Waals surface area contributed by atoms with Crippen molar-refractivity contribution < 1.29 is 9.53 Å². The SMILES string of the molecule is COC(=O)C(C)(CC(C)C)NCCN=[N+]=[N-]. The lowest BCUT2D eigenvalue weighted by molar-refractivity contribution is -0.148. The number of nitrogens with zero attached hydrogens (tertiary/aromatic N) is 3. The lowest BCUT2D eigenvalue weighted by atomic mass is 9.90. The number of carbonyl (C=O) groups excluding carboxylic acids is 1. The molecule has 0 radical (unpaired) electrons. The van der Waals surface area contributed by atoms with Crippen LogP contribution in [0.5, 0.6) is 0 Å². The maximum absolute atomic E-state index is 11.6. The van der Waals surface area contributed by atoms with Gasteiger partial charge in [-0.2, -0.15) is 0 Å². The van der Waals surface area contributed by atoms with E-state index in [0.29, 0.717) is 25.4 Å². The summed E-state index contributed by atoms with van der Waals surface area (Å²) < 4.78 is 4.77. The number of nitrogens with one attached hydrogen (secondary N) is 1. The quantitative estimate of drug-likeness (QED) is 0.237. The predicted octanol–water partition coefficient (Wildman–Crippen LogP) is 1.86. The molecule has 6 nitrogen and oxygen atoms in total. The number of esters is 1. The monoisotopic (exact) mass is 228 g/mol. The summed E-state index contributed by atoms with van der Waals surface area (Å²) in [5.74, 6) is 0.0817. The van der Waals surface area contributed by atoms with Gasteiger partial charge in [-0.15, -0.1) is 0 Å². The van der Waals surface area contributed by atoms with Gasteiger partial charge in [0.15, 0.2) is 0 Å². The zero-order chi connectivity index (χ0) is 12.6. The predicted molar refractivity (Wildman–Crippen MR) is 61.9 cm³/mol. The second-order valence-electron chi connectivity index (χ2n) is 4.30. The van der Waals surface area contributed by atoms with Crippen molar-refractivity contribution >= 4 is 5.97 Å². The summed E-state index contributed by atoms with van der Waals surface area (Å²) in [5.41, 5.74) is 7.42. The summed E-state index contributed by atoms with van der Waals surface area (Å²) in [6, 6.07) is 0. The van der Waals surface area contributed by atoms with Crippen molar-refractivity contribution in [2.45, 2.75) is 32.7 Å². The Morgan fingerprint density at radius 3 is 2.69 bits per heavy atom. The summed E-state index contributed by atoms with van der Waals surface area (Å²) >= 11 is 0. The molecule has 0 fully saturated rings. The van der Waals surface area contributed by atoms with Crippen LogP contribution in [0.4, 0.5) is 0 Å². The Bertz CT molecular complexity index is 274. The molecule has 0 aliphatic carbocycles. The number of ether oxygens (including phenoxy) is 1. The smallest absolute Gasteiger partial charge is 0.325 e. The molecule has 0 saturated heterocycles. The lowest BCUT2D eigenvalue weighted by Gasteiger charge is -2.29. The van der Waals surface area contributed by atoms with E-state index in [0.717, 1.165) is 0 Å². The molecule has 92 valence electrons. The van der Waals surface area contributed by atoms with Crippen LogP contribution in [0, 0.1) is 5.92 Å². The van der Waals surface area contributed by atoms with Gasteiger partial charge < -0.3 is 10.1 Å². The zero-order valence-electron chi connectivity index (χ0n) is 10.4. The highest BCUT2D eigenvalue weighted by atomic mass is 16.5. The third-order valence-electron chi connectivity index (χ3n) is 2.24. The van der Waals surface area contributed by atoms with Crippen molar-refractivity contribution in [1.29, 1.82) is 0 Å². The summed E-state index contributed by atoms with van der Waals surface area (Å²) in [5, 5.41) is 6.48. The Morgan fingerprint density at radius 1 is 1.62 bits per heavy atom. The molecule has 0 aliphatic rings. The Labute approximate surface area is 96.0 Å². The third kappa shape index (κ3) is 5.00. The van der Waals surface area contributed by atoms with Gasteiger partial charge in [-0.25, -0.2) is 0 Å². The van der Waals surface area contributed by atoms with E-state index >= 15 is 0 Å². The number of rotatable bonds is 7. The molecule has 0 spiro atoms. The highest BCUT2D eigenvalue weighted by Gasteiger charge is 2.34. The fourth-order valence-corrected chi connectivity index (χ4v) is 1.70. The molecule has 0 saturated carbocycles. The van der Waals surface area contributed by atoms with Crippen LogP contribution >= 0.6 is 0 Å². The first kappa shape index (κ1) is 14.7. The van der Waals surface area contributed by atoms with Crippen LogP contribution in [0.3, 0.4) is 0 Å². The first-order chi connectivity index (χ1) is 7.46. The third-order valence-corrected chi connectivity index (χ3v) is 2.24. The summed E-state index contributed by atoms with van der Waals surface area (Å²) in [6.45, 7) is 6.66. The molecule has 0 rings (SSSR count). The van der Waals surface area contributed by atoms with E-state index in [4.69, 9.17) is 10.3 Å². The summed E-state index contributed by atoms with van der Waals surface area (Å²) in [4.78, 5) is 14.3. The molecule has 0 aromatic rings. The number of carbonyl (C=O) groups is 1. The average molecular weight is 228 g/mol. The van der Waals surface area contributed by atoms with Crippen LogP contribution in [0.15, 0.2) is 5.11 Å². The Kier molecular flexibility index (Phi) is 6.53. The molecule has 6 heteroatoms. The molecular weight excluding hydrogens is 208 g/mol. The van der Waals surface area contributed by atoms with Crippen molar-refractivity contribution in [1.82, 2.24) is 5.32 Å². The second kappa shape index (κ2) is 7.09. The maximum atomic E-state index is 11.6. The van der Waals surface area contributed by atoms with E-state index in [-0.39, 0.29) is 5.97 Å². The van der Waals surface area contributed by atoms with E-state index in [1.165, 1.54) is 7.11 Å². The van der Waals surface area contributed by atoms with E-state index in [1.54, 1.807) is 6.92 Å². The van der Waals surface area contributed by atoms with E-state index in [2.05, 4.69) is 15.3 Å². The van der Waals surface area contributed by atoms with Crippen molar-refractivity contribution in [3.8, 4) is 0 Å². The molecule has 0 amide bonds. The van der Waals surface area contributed by atoms with Gasteiger partial charge in [0.05, 0.1) is 7.11 Å². The molecule has 1 N–H and O–H groups in total. The molecule has 0 aliphatic heterocycles. The second-order valence-corrected chi connectivity index (χ2v) is 4.30. The Balaban J connectivity index is 4.41. The fraction of sp³-hybridized carbons (Fsp3) is 0.900. The number of hydrogen-bond donors (Lipinski definition) is 1. The van der Waals surface area contributed by atoms with E-state index in [9.17, 15) is 4.79 Å². The minimum absolute atomic E-state index is 0.290. The average Bonchev–Trinajstić information content (AvgIpc) is 2.22. The fourth-order valence-electron chi connectivity index (χ4n) is 1.70. The van der Waals surface area contributed by atoms with Crippen LogP contribution in [0.2, 0.25) is 0 Å². The van der Waals surface area contributed by atoms with Gasteiger partial charge in [0.2, 0.25) is 0 Å². The molecular formula is C10H20N4O2. The minimum Gasteiger partial charge on any atom is -0.468 e. The minimum atomic E-state index is -0.714. The van der Waals surface area contributed by atoms with Gasteiger partial charge in [0.1, 0.15) is 5.54 Å². The molecule has 0 heterocycles. The van der Waals surface area contributed by atoms with Crippen molar-refractivity contribution in [2.24, 2.45) is 11.0 Å². The number of hydrogen-bond acceptors (Lipinski definition) is 4. The van der Waals surface area contributed by atoms with E-state index in [1.807, 2.05) is 13.8 Å². The standard InChI is InChI=1S/C10H20N4O2/c1-8(2)7-10(3,9(15)16-4)12-5-6-13-14-11/h8,12H,5-7H2,1-4H3. The van der Waals surface area contributed by atoms with Crippen LogP contribution in [-0.4, -0.2) is 31.7 Å². The van der Waals surface area contributed by atoms with Crippen LogP contribution in [0.25, 0.3) is 10.4 Å². The molecule has 0 bridgehead atoms.